The fraction of sp³-hybridized carbons (Fsp3) is 0.944. The summed E-state index contributed by atoms with van der Waals surface area (Å²) in [6, 6.07) is 0. The fourth-order valence-corrected chi connectivity index (χ4v) is 6.34. The van der Waals surface area contributed by atoms with Gasteiger partial charge in [-0.1, -0.05) is 181 Å². The lowest BCUT2D eigenvalue weighted by atomic mass is 9.78. The molecule has 0 radical (unpaired) electrons. The van der Waals surface area contributed by atoms with E-state index in [1.807, 2.05) is 0 Å². The molecule has 4 heteroatoms. The van der Waals surface area contributed by atoms with E-state index in [2.05, 4.69) is 13.8 Å². The second kappa shape index (κ2) is 32.5. The van der Waals surface area contributed by atoms with Gasteiger partial charge in [-0.15, -0.1) is 0 Å². The zero-order valence-corrected chi connectivity index (χ0v) is 27.1. The molecule has 0 aromatic rings. The smallest absolute Gasteiger partial charge is 0.303 e. The van der Waals surface area contributed by atoms with Crippen LogP contribution in [0.15, 0.2) is 0 Å². The van der Waals surface area contributed by atoms with Crippen LogP contribution < -0.4 is 0 Å². The first-order valence-corrected chi connectivity index (χ1v) is 17.9. The molecule has 0 aliphatic rings. The molecule has 0 aliphatic carbocycles. The summed E-state index contributed by atoms with van der Waals surface area (Å²) >= 11 is 0. The van der Waals surface area contributed by atoms with E-state index < -0.39 is 5.97 Å². The number of carboxylic acids is 1. The predicted octanol–water partition coefficient (Wildman–Crippen LogP) is 11.8. The number of unbranched alkanes of at least 4 members (excludes halogenated alkanes) is 20. The molecule has 238 valence electrons. The summed E-state index contributed by atoms with van der Waals surface area (Å²) in [5.41, 5.74) is 0. The Bertz CT molecular complexity index is 521. The predicted molar refractivity (Wildman–Crippen MR) is 172 cm³/mol. The lowest BCUT2D eigenvalue weighted by molar-refractivity contribution is -0.137. The summed E-state index contributed by atoms with van der Waals surface area (Å²) in [6.07, 6.45) is 37.2. The van der Waals surface area contributed by atoms with Gasteiger partial charge in [-0.2, -0.15) is 0 Å². The lowest BCUT2D eigenvalue weighted by Crippen LogP contribution is -2.16. The van der Waals surface area contributed by atoms with Crippen molar-refractivity contribution in [3.63, 3.8) is 0 Å². The van der Waals surface area contributed by atoms with E-state index in [0.717, 1.165) is 31.1 Å². The molecule has 0 heterocycles. The van der Waals surface area contributed by atoms with Crippen molar-refractivity contribution in [1.82, 2.24) is 0 Å². The molecular weight excluding hydrogens is 496 g/mol. The third kappa shape index (κ3) is 28.5. The van der Waals surface area contributed by atoms with Gasteiger partial charge < -0.3 is 9.84 Å². The molecule has 0 aromatic heterocycles. The molecule has 2 atom stereocenters. The molecular formula is C36H70O4. The van der Waals surface area contributed by atoms with Crippen molar-refractivity contribution in [1.29, 1.82) is 0 Å². The monoisotopic (exact) mass is 567 g/mol. The van der Waals surface area contributed by atoms with Crippen LogP contribution in [0.2, 0.25) is 0 Å². The normalized spacial score (nSPS) is 12.8. The van der Waals surface area contributed by atoms with E-state index in [1.165, 1.54) is 161 Å². The van der Waals surface area contributed by atoms with E-state index in [9.17, 15) is 9.59 Å². The molecule has 0 aliphatic heterocycles. The van der Waals surface area contributed by atoms with E-state index in [4.69, 9.17) is 9.84 Å². The number of carbonyl (C=O) groups is 2. The molecule has 0 aromatic carbocycles. The third-order valence-electron chi connectivity index (χ3n) is 8.89. The average molecular weight is 567 g/mol. The highest BCUT2D eigenvalue weighted by Crippen LogP contribution is 2.33. The minimum Gasteiger partial charge on any atom is -0.481 e. The fourth-order valence-electron chi connectivity index (χ4n) is 6.34. The number of hydrogen-bond donors (Lipinski definition) is 1. The number of carboxylic acid groups (broad SMARTS) is 1. The summed E-state index contributed by atoms with van der Waals surface area (Å²) < 4.78 is 4.84. The van der Waals surface area contributed by atoms with Crippen molar-refractivity contribution >= 4 is 12.4 Å². The van der Waals surface area contributed by atoms with Crippen LogP contribution >= 0.6 is 0 Å². The van der Waals surface area contributed by atoms with Crippen molar-refractivity contribution in [2.75, 3.05) is 6.61 Å². The van der Waals surface area contributed by atoms with Crippen LogP contribution in [0.1, 0.15) is 200 Å². The van der Waals surface area contributed by atoms with Gasteiger partial charge in [0.1, 0.15) is 0 Å². The molecule has 40 heavy (non-hydrogen) atoms. The van der Waals surface area contributed by atoms with Gasteiger partial charge in [0, 0.05) is 6.42 Å². The Hall–Kier alpha value is -1.06. The van der Waals surface area contributed by atoms with Gasteiger partial charge in [-0.25, -0.2) is 0 Å². The van der Waals surface area contributed by atoms with Gasteiger partial charge in [-0.05, 0) is 24.7 Å². The Kier molecular flexibility index (Phi) is 31.6. The molecule has 0 amide bonds. The van der Waals surface area contributed by atoms with Crippen LogP contribution in [0.4, 0.5) is 0 Å². The van der Waals surface area contributed by atoms with Crippen molar-refractivity contribution in [2.24, 2.45) is 11.8 Å². The first-order valence-electron chi connectivity index (χ1n) is 17.9. The lowest BCUT2D eigenvalue weighted by Gasteiger charge is -2.28. The SMILES string of the molecule is CCCCCCCCCC(CCCCCCCOC=O)C(CCCCCCCCC)CCCCCCCC(=O)O. The van der Waals surface area contributed by atoms with Crippen molar-refractivity contribution in [3.8, 4) is 0 Å². The van der Waals surface area contributed by atoms with Crippen LogP contribution in [-0.4, -0.2) is 24.2 Å². The molecule has 0 spiro atoms. The van der Waals surface area contributed by atoms with Gasteiger partial charge >= 0.3 is 5.97 Å². The first kappa shape index (κ1) is 38.9. The standard InChI is InChI=1S/C36H70O4/c1-3-5-7-9-11-15-21-27-34(29-23-17-13-19-25-31-36(38)39)35(28-22-16-12-10-8-6-4-2)30-24-18-14-20-26-32-40-33-37/h33-35H,3-32H2,1-2H3,(H,38,39). The zero-order valence-electron chi connectivity index (χ0n) is 27.1. The second-order valence-electron chi connectivity index (χ2n) is 12.6. The van der Waals surface area contributed by atoms with Crippen molar-refractivity contribution in [2.45, 2.75) is 200 Å². The number of hydrogen-bond acceptors (Lipinski definition) is 3. The Morgan fingerprint density at radius 3 is 1.20 bits per heavy atom. The summed E-state index contributed by atoms with van der Waals surface area (Å²) in [4.78, 5) is 21.1. The Balaban J connectivity index is 4.76. The Morgan fingerprint density at radius 1 is 0.525 bits per heavy atom. The highest BCUT2D eigenvalue weighted by Gasteiger charge is 2.20. The molecule has 0 rings (SSSR count). The van der Waals surface area contributed by atoms with Gasteiger partial charge in [0.2, 0.25) is 0 Å². The topological polar surface area (TPSA) is 63.6 Å². The van der Waals surface area contributed by atoms with Gasteiger partial charge in [-0.3, -0.25) is 9.59 Å². The molecule has 2 unspecified atom stereocenters. The Labute approximate surface area is 250 Å². The minimum absolute atomic E-state index is 0.325. The van der Waals surface area contributed by atoms with Crippen molar-refractivity contribution < 1.29 is 19.4 Å². The summed E-state index contributed by atoms with van der Waals surface area (Å²) in [6.45, 7) is 5.73. The molecule has 0 saturated carbocycles. The zero-order chi connectivity index (χ0) is 29.4. The van der Waals surface area contributed by atoms with E-state index in [-0.39, 0.29) is 0 Å². The quantitative estimate of drug-likeness (QED) is 0.0621. The maximum Gasteiger partial charge on any atom is 0.303 e. The molecule has 0 bridgehead atoms. The van der Waals surface area contributed by atoms with Crippen LogP contribution in [0.25, 0.3) is 0 Å². The van der Waals surface area contributed by atoms with E-state index in [1.54, 1.807) is 0 Å². The van der Waals surface area contributed by atoms with Crippen molar-refractivity contribution in [3.05, 3.63) is 0 Å². The molecule has 0 saturated heterocycles. The summed E-state index contributed by atoms with van der Waals surface area (Å²) in [7, 11) is 0. The minimum atomic E-state index is -0.655. The number of ether oxygens (including phenoxy) is 1. The van der Waals surface area contributed by atoms with Gasteiger partial charge in [0.15, 0.2) is 0 Å². The van der Waals surface area contributed by atoms with E-state index in [0.29, 0.717) is 19.5 Å². The first-order chi connectivity index (χ1) is 19.7. The second-order valence-corrected chi connectivity index (χ2v) is 12.6. The highest BCUT2D eigenvalue weighted by atomic mass is 16.5. The number of carbonyl (C=O) groups excluding carboxylic acids is 1. The van der Waals surface area contributed by atoms with Crippen LogP contribution in [0.3, 0.4) is 0 Å². The van der Waals surface area contributed by atoms with Gasteiger partial charge in [0.25, 0.3) is 6.47 Å². The molecule has 0 fully saturated rings. The largest absolute Gasteiger partial charge is 0.481 e. The number of rotatable bonds is 34. The van der Waals surface area contributed by atoms with Crippen LogP contribution in [0.5, 0.6) is 0 Å². The summed E-state index contributed by atoms with van der Waals surface area (Å²) in [5, 5.41) is 8.89. The van der Waals surface area contributed by atoms with Gasteiger partial charge in [0.05, 0.1) is 6.61 Å². The van der Waals surface area contributed by atoms with E-state index >= 15 is 0 Å². The Morgan fingerprint density at radius 2 is 0.850 bits per heavy atom. The summed E-state index contributed by atoms with van der Waals surface area (Å²) in [5.74, 6) is 1.09. The molecule has 1 N–H and O–H groups in total. The maximum atomic E-state index is 10.8. The van der Waals surface area contributed by atoms with Crippen LogP contribution in [-0.2, 0) is 14.3 Å². The molecule has 4 nitrogen and oxygen atoms in total. The maximum absolute atomic E-state index is 10.8. The number of aliphatic carboxylic acids is 1. The highest BCUT2D eigenvalue weighted by molar-refractivity contribution is 5.66. The average Bonchev–Trinajstić information content (AvgIpc) is 2.94. The van der Waals surface area contributed by atoms with Crippen LogP contribution in [0, 0.1) is 11.8 Å². The third-order valence-corrected chi connectivity index (χ3v) is 8.89.